The van der Waals surface area contributed by atoms with Gasteiger partial charge in [0.2, 0.25) is 106 Å². The highest BCUT2D eigenvalue weighted by molar-refractivity contribution is 6.03. The van der Waals surface area contributed by atoms with Crippen molar-refractivity contribution >= 4 is 130 Å². The third-order valence-corrected chi connectivity index (χ3v) is 19.3. The van der Waals surface area contributed by atoms with Crippen LogP contribution in [0.1, 0.15) is 193 Å². The number of nitrogens with two attached hydrogens (primary N) is 4. The summed E-state index contributed by atoms with van der Waals surface area (Å²) in [6.07, 6.45) is -5.41. The Kier molecular flexibility index (Phi) is 49.2. The van der Waals surface area contributed by atoms with Crippen LogP contribution in [0.15, 0.2) is 30.3 Å². The van der Waals surface area contributed by atoms with Gasteiger partial charge in [0.25, 0.3) is 0 Å². The van der Waals surface area contributed by atoms with Gasteiger partial charge in [0.05, 0.1) is 31.7 Å². The zero-order valence-electron chi connectivity index (χ0n) is 73.8. The molecule has 0 unspecified atom stereocenters. The zero-order valence-corrected chi connectivity index (χ0v) is 73.8. The van der Waals surface area contributed by atoms with Crippen LogP contribution in [-0.2, 0) is 112 Å². The molecule has 706 valence electrons. The Bertz CT molecular complexity index is 3980. The van der Waals surface area contributed by atoms with E-state index in [1.807, 2.05) is 0 Å². The van der Waals surface area contributed by atoms with Crippen molar-refractivity contribution in [3.8, 4) is 0 Å². The van der Waals surface area contributed by atoms with Crippen LogP contribution in [0, 0.1) is 29.6 Å². The summed E-state index contributed by atoms with van der Waals surface area (Å²) in [7, 11) is 0. The topological polar surface area (TPSA) is 753 Å². The Balaban J connectivity index is 3.47. The largest absolute Gasteiger partial charge is 0.481 e. The molecular formula is C80H130N20O26. The van der Waals surface area contributed by atoms with Crippen molar-refractivity contribution in [2.24, 2.45) is 52.5 Å². The van der Waals surface area contributed by atoms with E-state index in [1.165, 1.54) is 34.6 Å². The maximum absolute atomic E-state index is 14.4. The number of nitrogens with one attached hydrogen (secondary N) is 16. The van der Waals surface area contributed by atoms with Gasteiger partial charge >= 0.3 is 23.9 Å². The molecule has 0 saturated carbocycles. The Morgan fingerprint density at radius 2 is 0.619 bits per heavy atom. The standard InChI is InChI=1S/C80H130N20O26/c1-16-40(10)63(79(124)88-44(14)67(112)93-54(34-60(105)106)76(121)95-51(31-46-22-18-17-19-23-46)74(119)90-48(25-26-59(103)104)69(114)98-56(80(125)126)30-38(6)7)100-70(115)47(24-20-21-27-81)89-75(120)53(33-58(84)102)92-66(111)43(13)87-78(123)62(39(8)9)99-68(113)45(15)86-71(116)52(32-57(83)101)96-73(118)50(29-37(4)5)94-77(122)55(35-61(107)108)97-72(117)49(28-36(2)3)91-65(110)42(12)85-64(109)41(11)82/h17-19,22-23,36-45,47-56,62-63H,16,20-21,24-35,81-82H2,1-15H3,(H2,83,101)(H2,84,102)(H,85,109)(H,86,116)(H,87,123)(H,88,124)(H,89,120)(H,90,119)(H,91,110)(H,92,111)(H,93,112)(H,94,122)(H,95,121)(H,96,118)(H,97,117)(H,98,114)(H,99,113)(H,100,115)(H,103,104)(H,105,106)(H,107,108)(H,125,126)/t40-,41-,42-,43-,44-,45-,47-,48-,49-,50-,51-,52-,53-,54-,55-,56-,62-,63-/m0/s1. The number of carbonyl (C=O) groups excluding carboxylic acids is 18. The zero-order chi connectivity index (χ0) is 96.4. The molecular weight excluding hydrogens is 1660 g/mol. The molecule has 0 heterocycles. The van der Waals surface area contributed by atoms with E-state index in [-0.39, 0.29) is 69.7 Å². The van der Waals surface area contributed by atoms with E-state index < -0.39 is 289 Å². The lowest BCUT2D eigenvalue weighted by Gasteiger charge is -2.29. The van der Waals surface area contributed by atoms with E-state index in [1.54, 1.807) is 78.8 Å². The number of rotatable bonds is 59. The monoisotopic (exact) mass is 1790 g/mol. The van der Waals surface area contributed by atoms with Crippen molar-refractivity contribution in [3.05, 3.63) is 35.9 Å². The summed E-state index contributed by atoms with van der Waals surface area (Å²) in [4.78, 5) is 294. The molecule has 0 aliphatic heterocycles. The summed E-state index contributed by atoms with van der Waals surface area (Å²) >= 11 is 0. The normalized spacial score (nSPS) is 15.5. The maximum atomic E-state index is 14.4. The molecule has 28 N–H and O–H groups in total. The third kappa shape index (κ3) is 42.2. The highest BCUT2D eigenvalue weighted by Crippen LogP contribution is 2.16. The Labute approximate surface area is 729 Å². The second-order valence-electron chi connectivity index (χ2n) is 32.6. The molecule has 0 radical (unpaired) electrons. The molecule has 1 rings (SSSR count). The van der Waals surface area contributed by atoms with Crippen LogP contribution < -0.4 is 108 Å². The van der Waals surface area contributed by atoms with Gasteiger partial charge in [-0.1, -0.05) is 106 Å². The molecule has 0 aliphatic carbocycles. The molecule has 18 atom stereocenters. The van der Waals surface area contributed by atoms with Crippen LogP contribution in [0.3, 0.4) is 0 Å². The minimum Gasteiger partial charge on any atom is -0.481 e. The van der Waals surface area contributed by atoms with Crippen LogP contribution in [0.25, 0.3) is 0 Å². The second kappa shape index (κ2) is 55.7. The van der Waals surface area contributed by atoms with Crippen molar-refractivity contribution in [1.82, 2.24) is 85.1 Å². The fraction of sp³-hybridized carbons (Fsp3) is 0.650. The number of benzene rings is 1. The van der Waals surface area contributed by atoms with Crippen molar-refractivity contribution < 1.29 is 126 Å². The van der Waals surface area contributed by atoms with E-state index in [9.17, 15) is 126 Å². The first-order chi connectivity index (χ1) is 58.6. The molecule has 0 aliphatic rings. The highest BCUT2D eigenvalue weighted by atomic mass is 16.4. The SMILES string of the molecule is CC[C@H](C)[C@H](NC(=O)[C@H](CCCCN)NC(=O)[C@H](CC(N)=O)NC(=O)[C@H](C)NC(=O)[C@@H](NC(=O)[C@H](C)NC(=O)[C@H](CC(N)=O)NC(=O)[C@H](CC(C)C)NC(=O)[C@H](CC(=O)O)NC(=O)[C@H](CC(C)C)NC(=O)[C@H](C)NC(=O)[C@H](C)N)C(C)C)C(=O)N[C@@H](C)C(=O)N[C@@H](CC(=O)O)C(=O)N[C@@H](Cc1ccccc1)C(=O)N[C@@H](CCC(=O)O)C(=O)N[C@@H](CC(C)C)C(=O)O. The first-order valence-electron chi connectivity index (χ1n) is 41.4. The van der Waals surface area contributed by atoms with Crippen molar-refractivity contribution in [2.45, 2.75) is 296 Å². The molecule has 126 heavy (non-hydrogen) atoms. The molecule has 46 heteroatoms. The van der Waals surface area contributed by atoms with Gasteiger partial charge in [-0.15, -0.1) is 0 Å². The lowest BCUT2D eigenvalue weighted by molar-refractivity contribution is -0.143. The number of carboxylic acids is 4. The van der Waals surface area contributed by atoms with Gasteiger partial charge in [0.1, 0.15) is 96.7 Å². The summed E-state index contributed by atoms with van der Waals surface area (Å²) in [6.45, 7) is 22.4. The Morgan fingerprint density at radius 1 is 0.317 bits per heavy atom. The number of unbranched alkanes of at least 4 members (excludes halogenated alkanes) is 1. The van der Waals surface area contributed by atoms with E-state index in [2.05, 4.69) is 85.1 Å². The summed E-state index contributed by atoms with van der Waals surface area (Å²) in [5, 5.41) is 77.0. The molecule has 0 aromatic heterocycles. The average Bonchev–Trinajstić information content (AvgIpc) is 0.834. The minimum atomic E-state index is -1.99. The number of hydrogen-bond acceptors (Lipinski definition) is 24. The number of carbonyl (C=O) groups is 22. The van der Waals surface area contributed by atoms with Crippen molar-refractivity contribution in [3.63, 3.8) is 0 Å². The summed E-state index contributed by atoms with van der Waals surface area (Å²) in [5.41, 5.74) is 22.8. The Morgan fingerprint density at radius 3 is 1.00 bits per heavy atom. The van der Waals surface area contributed by atoms with E-state index in [4.69, 9.17) is 22.9 Å². The smallest absolute Gasteiger partial charge is 0.326 e. The molecule has 0 spiro atoms. The fourth-order valence-corrected chi connectivity index (χ4v) is 12.1. The maximum Gasteiger partial charge on any atom is 0.326 e. The molecule has 0 fully saturated rings. The van der Waals surface area contributed by atoms with E-state index >= 15 is 0 Å². The molecule has 0 saturated heterocycles. The minimum absolute atomic E-state index is 0.0344. The van der Waals surface area contributed by atoms with Gasteiger partial charge in [-0.3, -0.25) is 101 Å². The summed E-state index contributed by atoms with van der Waals surface area (Å²) in [5.74, 6) is -27.9. The third-order valence-electron chi connectivity index (χ3n) is 19.3. The van der Waals surface area contributed by atoms with Gasteiger partial charge in [0.15, 0.2) is 0 Å². The Hall–Kier alpha value is -12.5. The predicted octanol–water partition coefficient (Wildman–Crippen LogP) is -5.97. The average molecular weight is 1790 g/mol. The van der Waals surface area contributed by atoms with Crippen LogP contribution in [0.2, 0.25) is 0 Å². The first-order valence-corrected chi connectivity index (χ1v) is 41.4. The number of amides is 18. The van der Waals surface area contributed by atoms with Gasteiger partial charge < -0.3 is 128 Å². The van der Waals surface area contributed by atoms with Gasteiger partial charge in [-0.25, -0.2) is 4.79 Å². The first kappa shape index (κ1) is 111. The highest BCUT2D eigenvalue weighted by Gasteiger charge is 2.40. The number of aliphatic carboxylic acids is 4. The van der Waals surface area contributed by atoms with Crippen LogP contribution >= 0.6 is 0 Å². The predicted molar refractivity (Wildman–Crippen MR) is 450 cm³/mol. The van der Waals surface area contributed by atoms with Gasteiger partial charge in [-0.05, 0) is 121 Å². The van der Waals surface area contributed by atoms with Crippen molar-refractivity contribution in [2.75, 3.05) is 6.54 Å². The lowest BCUT2D eigenvalue weighted by atomic mass is 9.97. The molecule has 18 amide bonds. The lowest BCUT2D eigenvalue weighted by Crippen LogP contribution is -2.61. The van der Waals surface area contributed by atoms with E-state index in [0.29, 0.717) is 5.56 Å². The van der Waals surface area contributed by atoms with Gasteiger partial charge in [-0.2, -0.15) is 0 Å². The fourth-order valence-electron chi connectivity index (χ4n) is 12.1. The summed E-state index contributed by atoms with van der Waals surface area (Å²) < 4.78 is 0. The molecule has 46 nitrogen and oxygen atoms in total. The molecule has 1 aromatic carbocycles. The second-order valence-corrected chi connectivity index (χ2v) is 32.6. The quantitative estimate of drug-likeness (QED) is 0.0270. The van der Waals surface area contributed by atoms with Crippen LogP contribution in [-0.4, -0.2) is 260 Å². The van der Waals surface area contributed by atoms with Crippen LogP contribution in [0.5, 0.6) is 0 Å². The molecule has 0 bridgehead atoms. The van der Waals surface area contributed by atoms with E-state index in [0.717, 1.165) is 20.8 Å². The van der Waals surface area contributed by atoms with Crippen LogP contribution in [0.4, 0.5) is 0 Å². The number of primary amides is 2. The number of carboxylic acid groups (broad SMARTS) is 4. The summed E-state index contributed by atoms with van der Waals surface area (Å²) in [6, 6.07) is -19.1. The number of hydrogen-bond donors (Lipinski definition) is 24. The van der Waals surface area contributed by atoms with Gasteiger partial charge in [0, 0.05) is 12.8 Å². The molecule has 1 aromatic rings. The van der Waals surface area contributed by atoms with Crippen molar-refractivity contribution in [1.29, 1.82) is 0 Å².